The zero-order chi connectivity index (χ0) is 10.8. The van der Waals surface area contributed by atoms with E-state index in [0.717, 1.165) is 16.3 Å². The molecule has 0 aliphatic carbocycles. The molecule has 4 heteroatoms. The van der Waals surface area contributed by atoms with Crippen molar-refractivity contribution in [3.63, 3.8) is 0 Å². The van der Waals surface area contributed by atoms with Gasteiger partial charge in [0.05, 0.1) is 11.9 Å². The fourth-order valence-electron chi connectivity index (χ4n) is 1.45. The molecule has 0 fully saturated rings. The third kappa shape index (κ3) is 1.63. The van der Waals surface area contributed by atoms with E-state index in [1.807, 2.05) is 41.8 Å². The Morgan fingerprint density at radius 2 is 1.94 bits per heavy atom. The van der Waals surface area contributed by atoms with Crippen LogP contribution in [0.2, 0.25) is 0 Å². The molecular formula is C12H8N2OS. The van der Waals surface area contributed by atoms with Gasteiger partial charge in [0, 0.05) is 17.0 Å². The fraction of sp³-hybridized carbons (Fsp3) is 0. The standard InChI is InChI=1S/C12H8N2OS/c1-2-4-9(5-3-1)10-8-16-12(14-10)11-6-7-13-15-11/h1-8H. The van der Waals surface area contributed by atoms with Gasteiger partial charge in [-0.1, -0.05) is 35.5 Å². The second-order valence-corrected chi connectivity index (χ2v) is 4.14. The maximum absolute atomic E-state index is 5.07. The molecule has 0 saturated carbocycles. The Morgan fingerprint density at radius 1 is 1.06 bits per heavy atom. The Bertz CT molecular complexity index is 572. The number of benzene rings is 1. The van der Waals surface area contributed by atoms with Crippen LogP contribution >= 0.6 is 11.3 Å². The zero-order valence-electron chi connectivity index (χ0n) is 8.33. The SMILES string of the molecule is c1ccc(-c2csc(-c3ccno3)n2)cc1. The highest BCUT2D eigenvalue weighted by molar-refractivity contribution is 7.13. The van der Waals surface area contributed by atoms with Gasteiger partial charge in [-0.05, 0) is 0 Å². The molecule has 3 aromatic rings. The normalized spacial score (nSPS) is 10.5. The molecule has 0 bridgehead atoms. The minimum atomic E-state index is 0.715. The quantitative estimate of drug-likeness (QED) is 0.674. The van der Waals surface area contributed by atoms with Crippen molar-refractivity contribution < 1.29 is 4.52 Å². The van der Waals surface area contributed by atoms with Crippen molar-refractivity contribution in [2.75, 3.05) is 0 Å². The van der Waals surface area contributed by atoms with E-state index in [-0.39, 0.29) is 0 Å². The molecule has 0 radical (unpaired) electrons. The first-order valence-corrected chi connectivity index (χ1v) is 5.73. The smallest absolute Gasteiger partial charge is 0.195 e. The first-order valence-electron chi connectivity index (χ1n) is 4.85. The molecule has 2 aromatic heterocycles. The molecule has 0 amide bonds. The molecule has 0 spiro atoms. The minimum Gasteiger partial charge on any atom is -0.354 e. The Labute approximate surface area is 96.4 Å². The van der Waals surface area contributed by atoms with Gasteiger partial charge < -0.3 is 4.52 Å². The average molecular weight is 228 g/mol. The highest BCUT2D eigenvalue weighted by atomic mass is 32.1. The van der Waals surface area contributed by atoms with E-state index in [9.17, 15) is 0 Å². The van der Waals surface area contributed by atoms with Crippen LogP contribution in [0, 0.1) is 0 Å². The van der Waals surface area contributed by atoms with Gasteiger partial charge in [-0.2, -0.15) is 0 Å². The van der Waals surface area contributed by atoms with Crippen LogP contribution in [0.15, 0.2) is 52.5 Å². The van der Waals surface area contributed by atoms with Crippen LogP contribution < -0.4 is 0 Å². The molecule has 0 N–H and O–H groups in total. The fourth-order valence-corrected chi connectivity index (χ4v) is 2.24. The predicted octanol–water partition coefficient (Wildman–Crippen LogP) is 3.47. The molecule has 16 heavy (non-hydrogen) atoms. The van der Waals surface area contributed by atoms with Gasteiger partial charge >= 0.3 is 0 Å². The number of thiazole rings is 1. The number of hydrogen-bond donors (Lipinski definition) is 0. The molecule has 3 rings (SSSR count). The summed E-state index contributed by atoms with van der Waals surface area (Å²) < 4.78 is 5.07. The van der Waals surface area contributed by atoms with Crippen LogP contribution in [0.4, 0.5) is 0 Å². The van der Waals surface area contributed by atoms with Crippen molar-refractivity contribution in [3.05, 3.63) is 48.0 Å². The van der Waals surface area contributed by atoms with Crippen LogP contribution in [0.5, 0.6) is 0 Å². The van der Waals surface area contributed by atoms with Gasteiger partial charge in [-0.25, -0.2) is 4.98 Å². The third-order valence-corrected chi connectivity index (χ3v) is 3.08. The van der Waals surface area contributed by atoms with E-state index in [1.54, 1.807) is 17.5 Å². The summed E-state index contributed by atoms with van der Waals surface area (Å²) in [6.07, 6.45) is 1.62. The largest absolute Gasteiger partial charge is 0.354 e. The minimum absolute atomic E-state index is 0.715. The molecule has 78 valence electrons. The maximum atomic E-state index is 5.07. The van der Waals surface area contributed by atoms with Gasteiger partial charge in [0.15, 0.2) is 10.8 Å². The van der Waals surface area contributed by atoms with Crippen LogP contribution in [-0.2, 0) is 0 Å². The lowest BCUT2D eigenvalue weighted by Crippen LogP contribution is -1.77. The van der Waals surface area contributed by atoms with Crippen LogP contribution in [-0.4, -0.2) is 10.1 Å². The highest BCUT2D eigenvalue weighted by Gasteiger charge is 2.08. The maximum Gasteiger partial charge on any atom is 0.195 e. The van der Waals surface area contributed by atoms with Crippen LogP contribution in [0.3, 0.4) is 0 Å². The molecule has 3 nitrogen and oxygen atoms in total. The third-order valence-electron chi connectivity index (χ3n) is 2.22. The summed E-state index contributed by atoms with van der Waals surface area (Å²) in [5.74, 6) is 0.715. The van der Waals surface area contributed by atoms with E-state index in [2.05, 4.69) is 10.1 Å². The van der Waals surface area contributed by atoms with Gasteiger partial charge in [0.25, 0.3) is 0 Å². The Morgan fingerprint density at radius 3 is 2.69 bits per heavy atom. The molecule has 1 aromatic carbocycles. The number of nitrogens with zero attached hydrogens (tertiary/aromatic N) is 2. The lowest BCUT2D eigenvalue weighted by molar-refractivity contribution is 0.432. The van der Waals surface area contributed by atoms with E-state index < -0.39 is 0 Å². The first-order chi connectivity index (χ1) is 7.93. The van der Waals surface area contributed by atoms with Gasteiger partial charge in [-0.15, -0.1) is 11.3 Å². The van der Waals surface area contributed by atoms with Crippen LogP contribution in [0.25, 0.3) is 22.0 Å². The second kappa shape index (κ2) is 3.90. The van der Waals surface area contributed by atoms with Gasteiger partial charge in [0.1, 0.15) is 0 Å². The van der Waals surface area contributed by atoms with Crippen LogP contribution in [0.1, 0.15) is 0 Å². The molecule has 0 unspecified atom stereocenters. The lowest BCUT2D eigenvalue weighted by atomic mass is 10.2. The summed E-state index contributed by atoms with van der Waals surface area (Å²) in [5.41, 5.74) is 2.08. The lowest BCUT2D eigenvalue weighted by Gasteiger charge is -1.93. The Balaban J connectivity index is 2.00. The summed E-state index contributed by atoms with van der Waals surface area (Å²) in [7, 11) is 0. The van der Waals surface area contributed by atoms with E-state index in [1.165, 1.54) is 0 Å². The van der Waals surface area contributed by atoms with Crippen molar-refractivity contribution in [3.8, 4) is 22.0 Å². The molecule has 0 aliphatic heterocycles. The topological polar surface area (TPSA) is 38.9 Å². The molecular weight excluding hydrogens is 220 g/mol. The van der Waals surface area contributed by atoms with E-state index in [4.69, 9.17) is 4.52 Å². The summed E-state index contributed by atoms with van der Waals surface area (Å²) in [6, 6.07) is 11.9. The van der Waals surface area contributed by atoms with Crippen molar-refractivity contribution in [1.82, 2.24) is 10.1 Å². The average Bonchev–Trinajstić information content (AvgIpc) is 3.01. The first kappa shape index (κ1) is 9.30. The highest BCUT2D eigenvalue weighted by Crippen LogP contribution is 2.28. The number of aromatic nitrogens is 2. The number of rotatable bonds is 2. The predicted molar refractivity (Wildman–Crippen MR) is 63.0 cm³/mol. The summed E-state index contributed by atoms with van der Waals surface area (Å²) >= 11 is 1.56. The molecule has 0 atom stereocenters. The number of hydrogen-bond acceptors (Lipinski definition) is 4. The van der Waals surface area contributed by atoms with Crippen molar-refractivity contribution >= 4 is 11.3 Å². The van der Waals surface area contributed by atoms with Crippen molar-refractivity contribution in [2.24, 2.45) is 0 Å². The van der Waals surface area contributed by atoms with E-state index in [0.29, 0.717) is 5.76 Å². The van der Waals surface area contributed by atoms with E-state index >= 15 is 0 Å². The van der Waals surface area contributed by atoms with Crippen molar-refractivity contribution in [2.45, 2.75) is 0 Å². The Hall–Kier alpha value is -1.94. The van der Waals surface area contributed by atoms with Crippen molar-refractivity contribution in [1.29, 1.82) is 0 Å². The molecule has 0 saturated heterocycles. The zero-order valence-corrected chi connectivity index (χ0v) is 9.15. The second-order valence-electron chi connectivity index (χ2n) is 3.28. The summed E-state index contributed by atoms with van der Waals surface area (Å²) in [5, 5.41) is 6.55. The molecule has 2 heterocycles. The summed E-state index contributed by atoms with van der Waals surface area (Å²) in [6.45, 7) is 0. The Kier molecular flexibility index (Phi) is 2.27. The molecule has 0 aliphatic rings. The van der Waals surface area contributed by atoms with Gasteiger partial charge in [-0.3, -0.25) is 0 Å². The monoisotopic (exact) mass is 228 g/mol. The van der Waals surface area contributed by atoms with Gasteiger partial charge in [0.2, 0.25) is 0 Å². The summed E-state index contributed by atoms with van der Waals surface area (Å²) in [4.78, 5) is 4.51.